The summed E-state index contributed by atoms with van der Waals surface area (Å²) < 4.78 is 42.3. The lowest BCUT2D eigenvalue weighted by Crippen LogP contribution is -2.05. The maximum Gasteiger partial charge on any atom is 0.417 e. The van der Waals surface area contributed by atoms with Crippen LogP contribution in [0.25, 0.3) is 0 Å². The molecule has 0 aliphatic rings. The monoisotopic (exact) mass is 289 g/mol. The molecule has 0 saturated heterocycles. The summed E-state index contributed by atoms with van der Waals surface area (Å²) in [6.07, 6.45) is -2.90. The lowest BCUT2D eigenvalue weighted by molar-refractivity contribution is -0.137. The molecule has 102 valence electrons. The molecular formula is C11H10F3N3OS. The lowest BCUT2D eigenvalue weighted by atomic mass is 10.3. The summed E-state index contributed by atoms with van der Waals surface area (Å²) in [5, 5.41) is 8.08. The second kappa shape index (κ2) is 5.60. The number of rotatable bonds is 4. The summed E-state index contributed by atoms with van der Waals surface area (Å²) >= 11 is 1.24. The maximum absolute atomic E-state index is 12.3. The molecule has 0 spiro atoms. The van der Waals surface area contributed by atoms with E-state index in [4.69, 9.17) is 4.42 Å². The minimum atomic E-state index is -4.36. The van der Waals surface area contributed by atoms with Gasteiger partial charge in [0.05, 0.1) is 16.3 Å². The predicted molar refractivity (Wildman–Crippen MR) is 62.5 cm³/mol. The van der Waals surface area contributed by atoms with Gasteiger partial charge in [-0.05, 0) is 12.1 Å². The van der Waals surface area contributed by atoms with Gasteiger partial charge in [0.1, 0.15) is 0 Å². The quantitative estimate of drug-likeness (QED) is 0.808. The molecule has 8 heteroatoms. The van der Waals surface area contributed by atoms with Crippen molar-refractivity contribution in [1.82, 2.24) is 15.2 Å². The molecule has 2 aromatic rings. The van der Waals surface area contributed by atoms with Crippen molar-refractivity contribution >= 4 is 11.8 Å². The number of aryl methyl sites for hydroxylation is 1. The summed E-state index contributed by atoms with van der Waals surface area (Å²) in [6, 6.07) is 2.32. The highest BCUT2D eigenvalue weighted by Gasteiger charge is 2.30. The number of aromatic nitrogens is 3. The van der Waals surface area contributed by atoms with E-state index in [1.54, 1.807) is 0 Å². The molecule has 0 aliphatic carbocycles. The number of alkyl halides is 3. The molecule has 0 aliphatic heterocycles. The van der Waals surface area contributed by atoms with Gasteiger partial charge in [-0.25, -0.2) is 4.98 Å². The van der Waals surface area contributed by atoms with Crippen molar-refractivity contribution in [3.8, 4) is 0 Å². The Morgan fingerprint density at radius 3 is 2.47 bits per heavy atom. The van der Waals surface area contributed by atoms with Crippen LogP contribution in [0.4, 0.5) is 13.2 Å². The van der Waals surface area contributed by atoms with Gasteiger partial charge in [-0.2, -0.15) is 13.2 Å². The van der Waals surface area contributed by atoms with Crippen LogP contribution in [0.2, 0.25) is 0 Å². The third-order valence-corrected chi connectivity index (χ3v) is 3.15. The van der Waals surface area contributed by atoms with Crippen molar-refractivity contribution in [2.45, 2.75) is 30.3 Å². The largest absolute Gasteiger partial charge is 0.424 e. The molecule has 2 heterocycles. The number of thioether (sulfide) groups is 1. The van der Waals surface area contributed by atoms with Crippen molar-refractivity contribution in [3.63, 3.8) is 0 Å². The topological polar surface area (TPSA) is 51.8 Å². The molecule has 2 rings (SSSR count). The van der Waals surface area contributed by atoms with Gasteiger partial charge in [0.15, 0.2) is 0 Å². The molecule has 0 atom stereocenters. The zero-order valence-corrected chi connectivity index (χ0v) is 10.8. The van der Waals surface area contributed by atoms with E-state index in [0.717, 1.165) is 12.3 Å². The molecule has 0 N–H and O–H groups in total. The summed E-state index contributed by atoms with van der Waals surface area (Å²) in [5.41, 5.74) is -0.761. The van der Waals surface area contributed by atoms with Gasteiger partial charge in [-0.15, -0.1) is 10.2 Å². The van der Waals surface area contributed by atoms with Crippen LogP contribution >= 0.6 is 11.8 Å². The van der Waals surface area contributed by atoms with Crippen LogP contribution in [-0.2, 0) is 18.3 Å². The Bertz CT molecular complexity index is 539. The van der Waals surface area contributed by atoms with Crippen LogP contribution in [0.3, 0.4) is 0 Å². The average Bonchev–Trinajstić information content (AvgIpc) is 2.84. The van der Waals surface area contributed by atoms with Gasteiger partial charge >= 0.3 is 6.18 Å². The molecule has 0 amide bonds. The Morgan fingerprint density at radius 2 is 1.95 bits per heavy atom. The molecule has 0 saturated carbocycles. The first-order valence-corrected chi connectivity index (χ1v) is 6.45. The molecule has 4 nitrogen and oxygen atoms in total. The number of hydrogen-bond donors (Lipinski definition) is 0. The third kappa shape index (κ3) is 3.69. The molecular weight excluding hydrogens is 279 g/mol. The Hall–Kier alpha value is -1.57. The summed E-state index contributed by atoms with van der Waals surface area (Å²) in [7, 11) is 0. The molecule has 0 radical (unpaired) electrons. The smallest absolute Gasteiger partial charge is 0.417 e. The van der Waals surface area contributed by atoms with Crippen LogP contribution in [0.15, 0.2) is 27.8 Å². The zero-order valence-electron chi connectivity index (χ0n) is 9.94. The van der Waals surface area contributed by atoms with E-state index >= 15 is 0 Å². The van der Waals surface area contributed by atoms with Crippen molar-refractivity contribution in [2.24, 2.45) is 0 Å². The fourth-order valence-electron chi connectivity index (χ4n) is 1.26. The van der Waals surface area contributed by atoms with Crippen LogP contribution < -0.4 is 0 Å². The fourth-order valence-corrected chi connectivity index (χ4v) is 1.94. The highest BCUT2D eigenvalue weighted by molar-refractivity contribution is 7.98. The van der Waals surface area contributed by atoms with Crippen molar-refractivity contribution in [1.29, 1.82) is 0 Å². The van der Waals surface area contributed by atoms with Crippen LogP contribution in [0, 0.1) is 0 Å². The van der Waals surface area contributed by atoms with Gasteiger partial charge in [0.25, 0.3) is 0 Å². The van der Waals surface area contributed by atoms with Gasteiger partial charge in [-0.1, -0.05) is 18.7 Å². The number of pyridine rings is 1. The third-order valence-electron chi connectivity index (χ3n) is 2.22. The van der Waals surface area contributed by atoms with Crippen LogP contribution in [0.5, 0.6) is 0 Å². The Morgan fingerprint density at radius 1 is 1.21 bits per heavy atom. The second-order valence-electron chi connectivity index (χ2n) is 3.61. The van der Waals surface area contributed by atoms with E-state index in [1.165, 1.54) is 17.8 Å². The lowest BCUT2D eigenvalue weighted by Gasteiger charge is -2.05. The Balaban J connectivity index is 1.96. The van der Waals surface area contributed by atoms with E-state index in [0.29, 0.717) is 29.0 Å². The van der Waals surface area contributed by atoms with E-state index in [9.17, 15) is 13.2 Å². The van der Waals surface area contributed by atoms with E-state index in [-0.39, 0.29) is 0 Å². The van der Waals surface area contributed by atoms with Crippen LogP contribution in [0.1, 0.15) is 24.3 Å². The fraction of sp³-hybridized carbons (Fsp3) is 0.364. The van der Waals surface area contributed by atoms with Gasteiger partial charge < -0.3 is 4.42 Å². The Kier molecular flexibility index (Phi) is 4.08. The van der Waals surface area contributed by atoms with E-state index in [1.807, 2.05) is 6.92 Å². The molecule has 2 aromatic heterocycles. The predicted octanol–water partition coefficient (Wildman–Crippen LogP) is 3.34. The molecule has 0 bridgehead atoms. The second-order valence-corrected chi connectivity index (χ2v) is 4.61. The zero-order chi connectivity index (χ0) is 13.9. The van der Waals surface area contributed by atoms with Gasteiger partial charge in [0.2, 0.25) is 11.8 Å². The average molecular weight is 289 g/mol. The highest BCUT2D eigenvalue weighted by Crippen LogP contribution is 2.30. The normalized spacial score (nSPS) is 11.8. The first-order valence-electron chi connectivity index (χ1n) is 5.46. The standard InChI is InChI=1S/C11H10F3N3OS/c1-2-8-16-17-9(18-8)6-19-10-4-3-7(5-15-10)11(12,13)14/h3-5H,2,6H2,1H3. The van der Waals surface area contributed by atoms with Crippen molar-refractivity contribution in [2.75, 3.05) is 0 Å². The summed E-state index contributed by atoms with van der Waals surface area (Å²) in [5.74, 6) is 1.35. The first kappa shape index (κ1) is 13.9. The first-order chi connectivity index (χ1) is 8.99. The summed E-state index contributed by atoms with van der Waals surface area (Å²) in [6.45, 7) is 1.89. The van der Waals surface area contributed by atoms with Crippen molar-refractivity contribution < 1.29 is 17.6 Å². The van der Waals surface area contributed by atoms with Gasteiger partial charge in [-0.3, -0.25) is 0 Å². The SMILES string of the molecule is CCc1nnc(CSc2ccc(C(F)(F)F)cn2)o1. The van der Waals surface area contributed by atoms with Crippen molar-refractivity contribution in [3.05, 3.63) is 35.7 Å². The summed E-state index contributed by atoms with van der Waals surface area (Å²) in [4.78, 5) is 3.74. The molecule has 0 fully saturated rings. The van der Waals surface area contributed by atoms with Gasteiger partial charge in [0, 0.05) is 12.6 Å². The number of nitrogens with zero attached hydrogens (tertiary/aromatic N) is 3. The molecule has 0 aromatic carbocycles. The Labute approximate surface area is 111 Å². The minimum Gasteiger partial charge on any atom is -0.424 e. The number of halogens is 3. The molecule has 19 heavy (non-hydrogen) atoms. The van der Waals surface area contributed by atoms with E-state index in [2.05, 4.69) is 15.2 Å². The van der Waals surface area contributed by atoms with Crippen LogP contribution in [-0.4, -0.2) is 15.2 Å². The number of hydrogen-bond acceptors (Lipinski definition) is 5. The highest BCUT2D eigenvalue weighted by atomic mass is 32.2. The maximum atomic E-state index is 12.3. The molecule has 0 unspecified atom stereocenters. The van der Waals surface area contributed by atoms with E-state index < -0.39 is 11.7 Å². The minimum absolute atomic E-state index is 0.380.